The van der Waals surface area contributed by atoms with Crippen LogP contribution in [0.5, 0.6) is 0 Å². The van der Waals surface area contributed by atoms with E-state index in [2.05, 4.69) is 350 Å². The summed E-state index contributed by atoms with van der Waals surface area (Å²) in [5.41, 5.74) is 5.05. The summed E-state index contributed by atoms with van der Waals surface area (Å²) in [6.45, 7) is 26.0. The summed E-state index contributed by atoms with van der Waals surface area (Å²) in [5, 5.41) is 60.0. The van der Waals surface area contributed by atoms with Gasteiger partial charge in [0.2, 0.25) is 0 Å². The van der Waals surface area contributed by atoms with Crippen LogP contribution in [0.4, 0.5) is 26.3 Å². The number of rotatable bonds is 14. The Bertz CT molecular complexity index is 5590. The molecule has 0 aromatic heterocycles. The Morgan fingerprint density at radius 3 is 0.430 bits per heavy atom. The number of alkyl halides is 6. The van der Waals surface area contributed by atoms with Gasteiger partial charge in [0, 0.05) is 180 Å². The number of fused-ring (bicyclic) bond motifs is 4. The summed E-state index contributed by atoms with van der Waals surface area (Å²) in [6, 6.07) is 121. The van der Waals surface area contributed by atoms with E-state index in [0.717, 1.165) is 63.9 Å². The monoisotopic (exact) mass is 2520 g/mol. The first-order valence-electron chi connectivity index (χ1n) is 45.5. The molecule has 1 aliphatic rings. The van der Waals surface area contributed by atoms with Gasteiger partial charge in [-0.2, -0.15) is 26.3 Å². The van der Waals surface area contributed by atoms with Gasteiger partial charge >= 0.3 is 12.4 Å². The molecular formula is C124H142Cl8F6O4P4Ru3+12. The zero-order valence-corrected chi connectivity index (χ0v) is 103. The first-order valence-corrected chi connectivity index (χ1v) is 54.5. The van der Waals surface area contributed by atoms with E-state index in [-0.39, 0.29) is 118 Å². The van der Waals surface area contributed by atoms with E-state index in [1.54, 1.807) is 0 Å². The van der Waals surface area contributed by atoms with Crippen LogP contribution in [0.1, 0.15) is 109 Å². The predicted molar refractivity (Wildman–Crippen MR) is 653 cm³/mol. The van der Waals surface area contributed by atoms with Crippen molar-refractivity contribution in [2.75, 3.05) is 0 Å². The summed E-state index contributed by atoms with van der Waals surface area (Å²) in [4.78, 5) is 0. The van der Waals surface area contributed by atoms with Gasteiger partial charge in [0.1, 0.15) is 63.7 Å². The molecule has 0 unspecified atom stereocenters. The van der Waals surface area contributed by atoms with Crippen molar-refractivity contribution >= 4 is 231 Å². The third-order valence-electron chi connectivity index (χ3n) is 20.3. The predicted octanol–water partition coefficient (Wildman–Crippen LogP) is 35.1. The van der Waals surface area contributed by atoms with Crippen molar-refractivity contribution in [1.29, 1.82) is 0 Å². The maximum atomic E-state index is 10.7. The minimum Gasteiger partial charge on any atom is -0.361 e. The van der Waals surface area contributed by atoms with Crippen LogP contribution in [0.25, 0.3) is 65.3 Å². The van der Waals surface area contributed by atoms with Crippen molar-refractivity contribution in [3.05, 3.63) is 464 Å². The average molecular weight is 2520 g/mol. The molecule has 0 spiro atoms. The largest absolute Gasteiger partial charge is 0.439 e. The fraction of sp³-hybridized carbons (Fsp3) is 0.194. The number of hydrogen-bond acceptors (Lipinski definition) is 4. The normalized spacial score (nSPS) is 11.2. The smallest absolute Gasteiger partial charge is 0.361 e. The Morgan fingerprint density at radius 1 is 0.201 bits per heavy atom. The number of aliphatic hydroxyl groups is 4. The molecule has 0 radical (unpaired) electrons. The fourth-order valence-electron chi connectivity index (χ4n) is 14.7. The molecule has 25 heteroatoms. The van der Waals surface area contributed by atoms with Gasteiger partial charge in [0.25, 0.3) is 12.6 Å². The Hall–Kier alpha value is -7.67. The second-order valence-corrected chi connectivity index (χ2v) is 48.5. The number of benzene rings is 16. The van der Waals surface area contributed by atoms with E-state index < -0.39 is 56.6 Å². The van der Waals surface area contributed by atoms with Gasteiger partial charge in [-0.25, -0.2) is 0 Å². The summed E-state index contributed by atoms with van der Waals surface area (Å²) in [7, 11) is -6.27. The fourth-order valence-corrected chi connectivity index (χ4v) is 26.6. The Morgan fingerprint density at radius 2 is 0.315 bits per heavy atom. The third-order valence-corrected chi connectivity index (χ3v) is 33.4. The number of aliphatic hydroxyl groups excluding tert-OH is 2. The van der Waals surface area contributed by atoms with Crippen LogP contribution in [-0.2, 0) is 58.4 Å². The van der Waals surface area contributed by atoms with Gasteiger partial charge in [-0.15, -0.1) is 0 Å². The Kier molecular flexibility index (Phi) is 70.4. The number of hydrogen-bond donors (Lipinski definition) is 4. The molecule has 792 valence electrons. The molecule has 0 aliphatic heterocycles. The summed E-state index contributed by atoms with van der Waals surface area (Å²) in [6.07, 6.45) is -2.18. The molecule has 0 saturated carbocycles. The van der Waals surface area contributed by atoms with Gasteiger partial charge in [0.05, 0.1) is 31.7 Å². The maximum absolute atomic E-state index is 10.7. The molecular weight excluding hydrogens is 2380 g/mol. The molecule has 0 bridgehead atoms. The quantitative estimate of drug-likeness (QED) is 0.0218. The summed E-state index contributed by atoms with van der Waals surface area (Å²) >= 11 is 51.8. The van der Waals surface area contributed by atoms with Crippen molar-refractivity contribution in [3.63, 3.8) is 0 Å². The summed E-state index contributed by atoms with van der Waals surface area (Å²) < 4.78 is 64.1. The van der Waals surface area contributed by atoms with Crippen LogP contribution in [0.2, 0.25) is 40.2 Å². The van der Waals surface area contributed by atoms with Crippen LogP contribution in [-0.4, -0.2) is 45.4 Å². The first kappa shape index (κ1) is 145. The summed E-state index contributed by atoms with van der Waals surface area (Å²) in [5.74, 6) is 3.33. The minimum absolute atomic E-state index is 0. The third kappa shape index (κ3) is 45.0. The van der Waals surface area contributed by atoms with E-state index in [4.69, 9.17) is 113 Å². The van der Waals surface area contributed by atoms with Crippen molar-refractivity contribution in [2.45, 2.75) is 134 Å². The van der Waals surface area contributed by atoms with Crippen LogP contribution in [0.3, 0.4) is 0 Å². The number of halogens is 14. The van der Waals surface area contributed by atoms with E-state index in [1.807, 2.05) is 97.1 Å². The molecule has 1 aliphatic carbocycles. The van der Waals surface area contributed by atoms with Gasteiger partial charge in [-0.1, -0.05) is 322 Å². The zero-order chi connectivity index (χ0) is 101. The van der Waals surface area contributed by atoms with Crippen LogP contribution in [0, 0.1) is 83.1 Å². The number of allylic oxidation sites excluding steroid dienone is 4. The molecule has 17 rings (SSSR count). The maximum Gasteiger partial charge on any atom is 0.439 e. The zero-order valence-electron chi connectivity index (χ0n) is 88.1. The Balaban J connectivity index is -0.00000201. The second kappa shape index (κ2) is 72.1. The molecule has 0 amide bonds. The van der Waals surface area contributed by atoms with Crippen LogP contribution in [0.15, 0.2) is 364 Å². The molecule has 0 heterocycles. The van der Waals surface area contributed by atoms with Gasteiger partial charge in [-0.05, 0) is 311 Å². The molecule has 16 aromatic carbocycles. The van der Waals surface area contributed by atoms with Crippen molar-refractivity contribution < 1.29 is 105 Å². The first-order chi connectivity index (χ1) is 65.7. The van der Waals surface area contributed by atoms with Crippen molar-refractivity contribution in [1.82, 2.24) is 0 Å². The molecule has 0 atom stereocenters. The van der Waals surface area contributed by atoms with Gasteiger partial charge in [-0.3, -0.25) is 0 Å². The topological polar surface area (TPSA) is 80.9 Å². The van der Waals surface area contributed by atoms with Crippen molar-refractivity contribution in [3.8, 4) is 22.3 Å². The van der Waals surface area contributed by atoms with E-state index in [9.17, 15) is 26.3 Å². The van der Waals surface area contributed by atoms with E-state index in [0.29, 0.717) is 0 Å². The van der Waals surface area contributed by atoms with Crippen LogP contribution >= 0.6 is 124 Å². The van der Waals surface area contributed by atoms with Crippen LogP contribution < -0.4 is 63.7 Å². The van der Waals surface area contributed by atoms with Gasteiger partial charge < -0.3 is 20.4 Å². The molecule has 4 nitrogen and oxygen atoms in total. The molecule has 0 fully saturated rings. The molecule has 4 N–H and O–H groups in total. The standard InChI is InChI=1S/2C44H28Cl4P2.C8H12.4C4H10.2C2H3F3O2.8CH3.3Ru/c2*45-31-11-19-35(20-12-31)49(36-21-13-32(46)14-22-36)41-27-9-29-5-1-3-7-39(29)43(41)44-40-8-4-2-6-30(40)10-28-42(44)50(37-23-15-33(47)16-24-37)38-25-17-34(48)18-26-38;1-2-4-6-8-7-5-3-1;4*1-4(2)3;2*3-2(4,5)1(6)7;;;;;;;;;;;/h2*1-28H;1-2,7-8H,3-6H2;4*4H,1-3H3;2*1,6-7H;8*1H3;;;/q;;;;;;;;;8*+1;;;/p+4/b;;2-1-,8-7?;;;;;;;;;;;;;;;;;. The van der Waals surface area contributed by atoms with E-state index >= 15 is 0 Å². The SMILES string of the molecule is C1=CCC/C=C\CC1.CC(C)C.CC(C)C.CC(C)C.CC(C)C.Clc1ccc([PH+](c2ccc(Cl)cc2)c2ccc3ccccc3c2-c2c([PH+](c3ccc(Cl)cc3)c3ccc(Cl)cc3)ccc3ccccc23)cc1.Clc1ccc([PH+](c2ccc(Cl)cc2)c2ccc3ccccc3c2-c2c([PH+](c3ccc(Cl)cc3)c3ccc(Cl)cc3)ccc3ccccc23)cc1.OC(O)C(F)(F)F.OC(O)C(F)(F)F.[CH3+].[CH3+].[CH3+].[CH3+].[CH3+].[CH3+].[CH3+].[CH3+].[Ru].[Ru].[Ru]. The van der Waals surface area contributed by atoms with Gasteiger partial charge in [0.15, 0.2) is 0 Å². The molecule has 149 heavy (non-hydrogen) atoms. The Labute approximate surface area is 970 Å². The minimum atomic E-state index is -4.89. The van der Waals surface area contributed by atoms with Crippen molar-refractivity contribution in [2.24, 2.45) is 23.7 Å². The molecule has 0 saturated heterocycles. The van der Waals surface area contributed by atoms with E-state index in [1.165, 1.54) is 155 Å². The average Bonchev–Trinajstić information content (AvgIpc) is 0.733. The molecule has 16 aromatic rings. The second-order valence-electron chi connectivity index (χ2n) is 35.2.